The zero-order chi connectivity index (χ0) is 21.2. The van der Waals surface area contributed by atoms with Crippen molar-refractivity contribution in [2.75, 3.05) is 18.4 Å². The van der Waals surface area contributed by atoms with Crippen molar-refractivity contribution in [3.05, 3.63) is 58.6 Å². The molecule has 1 aliphatic heterocycles. The van der Waals surface area contributed by atoms with Gasteiger partial charge in [-0.1, -0.05) is 23.7 Å². The van der Waals surface area contributed by atoms with Crippen LogP contribution in [0.15, 0.2) is 47.4 Å². The van der Waals surface area contributed by atoms with Crippen LogP contribution in [0.5, 0.6) is 0 Å². The van der Waals surface area contributed by atoms with Crippen molar-refractivity contribution in [3.8, 4) is 0 Å². The number of hydrogen-bond donors (Lipinski definition) is 1. The number of rotatable bonds is 5. The van der Waals surface area contributed by atoms with Crippen LogP contribution in [0.1, 0.15) is 28.8 Å². The number of sulfonamides is 1. The van der Waals surface area contributed by atoms with E-state index in [9.17, 15) is 23.1 Å². The number of aryl methyl sites for hydroxylation is 1. The van der Waals surface area contributed by atoms with Gasteiger partial charge in [-0.2, -0.15) is 4.31 Å². The first kappa shape index (κ1) is 21.3. The summed E-state index contributed by atoms with van der Waals surface area (Å²) < 4.78 is 27.1. The Bertz CT molecular complexity index is 1030. The molecular formula is C20H20ClN2O5S-. The third-order valence-electron chi connectivity index (χ3n) is 4.98. The van der Waals surface area contributed by atoms with Crippen LogP contribution in [0.4, 0.5) is 5.69 Å². The highest BCUT2D eigenvalue weighted by Crippen LogP contribution is 2.27. The first-order valence-corrected chi connectivity index (χ1v) is 10.9. The Morgan fingerprint density at radius 1 is 1.10 bits per heavy atom. The molecule has 1 heterocycles. The lowest BCUT2D eigenvalue weighted by atomic mass is 9.97. The van der Waals surface area contributed by atoms with Crippen molar-refractivity contribution in [2.45, 2.75) is 24.7 Å². The summed E-state index contributed by atoms with van der Waals surface area (Å²) in [6.45, 7) is 2.23. The van der Waals surface area contributed by atoms with Crippen LogP contribution in [0.25, 0.3) is 0 Å². The maximum atomic E-state index is 12.8. The summed E-state index contributed by atoms with van der Waals surface area (Å²) in [6, 6.07) is 10.3. The summed E-state index contributed by atoms with van der Waals surface area (Å²) in [5, 5.41) is 14.0. The first-order chi connectivity index (χ1) is 13.7. The summed E-state index contributed by atoms with van der Waals surface area (Å²) in [4.78, 5) is 23.4. The number of nitrogens with zero attached hydrogens (tertiary/aromatic N) is 1. The van der Waals surface area contributed by atoms with Crippen LogP contribution in [0.3, 0.4) is 0 Å². The molecule has 0 unspecified atom stereocenters. The van der Waals surface area contributed by atoms with E-state index in [4.69, 9.17) is 11.6 Å². The molecule has 2 aromatic carbocycles. The number of anilines is 1. The van der Waals surface area contributed by atoms with Gasteiger partial charge >= 0.3 is 0 Å². The lowest BCUT2D eigenvalue weighted by Crippen LogP contribution is -2.41. The van der Waals surface area contributed by atoms with E-state index < -0.39 is 16.0 Å². The van der Waals surface area contributed by atoms with E-state index in [-0.39, 0.29) is 35.4 Å². The number of piperidine rings is 1. The number of halogens is 1. The number of carboxylic acid groups (broad SMARTS) is 1. The molecule has 2 aromatic rings. The van der Waals surface area contributed by atoms with Gasteiger partial charge in [0.15, 0.2) is 0 Å². The van der Waals surface area contributed by atoms with Crippen molar-refractivity contribution in [1.82, 2.24) is 4.31 Å². The molecule has 1 N–H and O–H groups in total. The van der Waals surface area contributed by atoms with Crippen molar-refractivity contribution < 1.29 is 23.1 Å². The van der Waals surface area contributed by atoms with E-state index >= 15 is 0 Å². The maximum absolute atomic E-state index is 12.8. The average Bonchev–Trinajstić information content (AvgIpc) is 2.70. The van der Waals surface area contributed by atoms with Gasteiger partial charge in [0.05, 0.1) is 10.9 Å². The van der Waals surface area contributed by atoms with Gasteiger partial charge in [0.1, 0.15) is 0 Å². The topological polar surface area (TPSA) is 107 Å². The van der Waals surface area contributed by atoms with Crippen molar-refractivity contribution >= 4 is 39.2 Å². The normalized spacial score (nSPS) is 15.8. The van der Waals surface area contributed by atoms with Gasteiger partial charge in [0.25, 0.3) is 0 Å². The molecule has 0 radical (unpaired) electrons. The van der Waals surface area contributed by atoms with Gasteiger partial charge in [-0.15, -0.1) is 0 Å². The number of aromatic carboxylic acids is 1. The highest BCUT2D eigenvalue weighted by atomic mass is 35.5. The smallest absolute Gasteiger partial charge is 0.243 e. The lowest BCUT2D eigenvalue weighted by molar-refractivity contribution is -0.255. The standard InChI is InChI=1S/C20H21ClN2O5S/c1-13-12-17(6-7-18(13)21)29(27,28)23-10-8-14(9-11-23)19(24)22-16-4-2-15(3-5-16)20(25)26/h2-7,12,14H,8-11H2,1H3,(H,22,24)(H,25,26)/p-1. The summed E-state index contributed by atoms with van der Waals surface area (Å²) in [6.07, 6.45) is 0.795. The minimum Gasteiger partial charge on any atom is -0.545 e. The first-order valence-electron chi connectivity index (χ1n) is 9.07. The van der Waals surface area contributed by atoms with Crippen LogP contribution in [0, 0.1) is 12.8 Å². The Kier molecular flexibility index (Phi) is 6.26. The number of nitrogens with one attached hydrogen (secondary N) is 1. The molecule has 1 fully saturated rings. The fourth-order valence-corrected chi connectivity index (χ4v) is 4.89. The fourth-order valence-electron chi connectivity index (χ4n) is 3.22. The monoisotopic (exact) mass is 435 g/mol. The van der Waals surface area contributed by atoms with Gasteiger partial charge < -0.3 is 15.2 Å². The number of carboxylic acids is 1. The van der Waals surface area contributed by atoms with E-state index in [1.54, 1.807) is 19.1 Å². The SMILES string of the molecule is Cc1cc(S(=O)(=O)N2CCC(C(=O)Nc3ccc(C(=O)[O-])cc3)CC2)ccc1Cl. The molecule has 0 atom stereocenters. The van der Waals surface area contributed by atoms with Gasteiger partial charge in [0.2, 0.25) is 15.9 Å². The van der Waals surface area contributed by atoms with E-state index in [0.29, 0.717) is 29.1 Å². The Balaban J connectivity index is 1.61. The molecule has 0 bridgehead atoms. The molecule has 1 amide bonds. The molecular weight excluding hydrogens is 416 g/mol. The van der Waals surface area contributed by atoms with Gasteiger partial charge in [0, 0.05) is 29.7 Å². The van der Waals surface area contributed by atoms with E-state index in [1.807, 2.05) is 0 Å². The predicted molar refractivity (Wildman–Crippen MR) is 107 cm³/mol. The number of benzene rings is 2. The zero-order valence-corrected chi connectivity index (χ0v) is 17.3. The quantitative estimate of drug-likeness (QED) is 0.773. The molecule has 0 aromatic heterocycles. The average molecular weight is 436 g/mol. The van der Waals surface area contributed by atoms with Gasteiger partial charge in [-0.05, 0) is 61.2 Å². The molecule has 0 aliphatic carbocycles. The van der Waals surface area contributed by atoms with Crippen molar-refractivity contribution in [3.63, 3.8) is 0 Å². The second-order valence-corrected chi connectivity index (χ2v) is 9.29. The second kappa shape index (κ2) is 8.52. The summed E-state index contributed by atoms with van der Waals surface area (Å²) in [7, 11) is -3.64. The van der Waals surface area contributed by atoms with E-state index in [2.05, 4.69) is 5.32 Å². The fraction of sp³-hybridized carbons (Fsp3) is 0.300. The van der Waals surface area contributed by atoms with Crippen LogP contribution in [-0.2, 0) is 14.8 Å². The van der Waals surface area contributed by atoms with E-state index in [0.717, 1.165) is 0 Å². The molecule has 0 saturated carbocycles. The minimum absolute atomic E-state index is 0.0268. The third kappa shape index (κ3) is 4.77. The Labute approximate surface area is 174 Å². The molecule has 1 aliphatic rings. The summed E-state index contributed by atoms with van der Waals surface area (Å²) in [5.74, 6) is -1.83. The zero-order valence-electron chi connectivity index (χ0n) is 15.7. The highest BCUT2D eigenvalue weighted by molar-refractivity contribution is 7.89. The minimum atomic E-state index is -3.64. The van der Waals surface area contributed by atoms with Crippen molar-refractivity contribution in [2.24, 2.45) is 5.92 Å². The predicted octanol–water partition coefficient (Wildman–Crippen LogP) is 2.05. The Morgan fingerprint density at radius 2 is 1.72 bits per heavy atom. The number of carbonyl (C=O) groups excluding carboxylic acids is 2. The molecule has 154 valence electrons. The van der Waals surface area contributed by atoms with Gasteiger partial charge in [-0.25, -0.2) is 8.42 Å². The molecule has 0 spiro atoms. The molecule has 3 rings (SSSR count). The number of hydrogen-bond acceptors (Lipinski definition) is 5. The molecule has 9 heteroatoms. The maximum Gasteiger partial charge on any atom is 0.243 e. The highest BCUT2D eigenvalue weighted by Gasteiger charge is 2.32. The Morgan fingerprint density at radius 3 is 2.28 bits per heavy atom. The molecule has 29 heavy (non-hydrogen) atoms. The van der Waals surface area contributed by atoms with Crippen LogP contribution >= 0.6 is 11.6 Å². The van der Waals surface area contributed by atoms with Gasteiger partial charge in [-0.3, -0.25) is 4.79 Å². The lowest BCUT2D eigenvalue weighted by Gasteiger charge is -2.30. The second-order valence-electron chi connectivity index (χ2n) is 6.94. The van der Waals surface area contributed by atoms with Crippen LogP contribution < -0.4 is 10.4 Å². The van der Waals surface area contributed by atoms with Crippen LogP contribution in [-0.4, -0.2) is 37.7 Å². The van der Waals surface area contributed by atoms with Crippen molar-refractivity contribution in [1.29, 1.82) is 0 Å². The molecule has 1 saturated heterocycles. The number of carbonyl (C=O) groups is 2. The third-order valence-corrected chi connectivity index (χ3v) is 7.30. The summed E-state index contributed by atoms with van der Waals surface area (Å²) in [5.41, 5.74) is 1.19. The summed E-state index contributed by atoms with van der Waals surface area (Å²) >= 11 is 5.98. The van der Waals surface area contributed by atoms with Crippen LogP contribution in [0.2, 0.25) is 5.02 Å². The number of amides is 1. The Hall–Kier alpha value is -2.42. The van der Waals surface area contributed by atoms with E-state index in [1.165, 1.54) is 34.6 Å². The largest absolute Gasteiger partial charge is 0.545 e. The molecule has 7 nitrogen and oxygen atoms in total.